The van der Waals surface area contributed by atoms with Gasteiger partial charge in [0.2, 0.25) is 6.41 Å². The molecule has 0 bridgehead atoms. The Morgan fingerprint density at radius 3 is 2.04 bits per heavy atom. The van der Waals surface area contributed by atoms with Crippen molar-refractivity contribution in [2.75, 3.05) is 0 Å². The number of hydrazine groups is 2. The van der Waals surface area contributed by atoms with Gasteiger partial charge in [0.25, 0.3) is 0 Å². The van der Waals surface area contributed by atoms with E-state index in [4.69, 9.17) is 0 Å². The summed E-state index contributed by atoms with van der Waals surface area (Å²) in [5.74, 6) is 0.392. The predicted molar refractivity (Wildman–Crippen MR) is 101 cm³/mol. The smallest absolute Gasteiger partial charge is 0.222 e. The van der Waals surface area contributed by atoms with Crippen molar-refractivity contribution in [3.8, 4) is 5.75 Å². The normalized spacial score (nSPS) is 21.4. The van der Waals surface area contributed by atoms with Crippen molar-refractivity contribution >= 4 is 6.41 Å². The molecule has 1 aliphatic rings. The molecule has 0 aliphatic carbocycles. The molecule has 1 aromatic rings. The van der Waals surface area contributed by atoms with Crippen LogP contribution < -0.4 is 10.9 Å². The van der Waals surface area contributed by atoms with Crippen LogP contribution in [0, 0.1) is 0 Å². The lowest BCUT2D eigenvalue weighted by Crippen LogP contribution is -2.52. The number of aromatic hydroxyl groups is 1. The molecule has 1 amide bonds. The summed E-state index contributed by atoms with van der Waals surface area (Å²) >= 11 is 0. The van der Waals surface area contributed by atoms with Crippen LogP contribution >= 0.6 is 0 Å². The topological polar surface area (TPSA) is 64.6 Å². The summed E-state index contributed by atoms with van der Waals surface area (Å²) in [4.78, 5) is 10.9. The largest absolute Gasteiger partial charge is 0.507 e. The first-order valence-electron chi connectivity index (χ1n) is 8.91. The highest BCUT2D eigenvalue weighted by Gasteiger charge is 2.40. The van der Waals surface area contributed by atoms with Crippen LogP contribution in [0.4, 0.5) is 0 Å². The Morgan fingerprint density at radius 1 is 1.16 bits per heavy atom. The Bertz CT molecular complexity index is 619. The first-order valence-corrected chi connectivity index (χ1v) is 8.91. The van der Waals surface area contributed by atoms with Crippen molar-refractivity contribution in [1.82, 2.24) is 16.0 Å². The van der Waals surface area contributed by atoms with Gasteiger partial charge in [0.15, 0.2) is 0 Å². The monoisotopic (exact) mass is 347 g/mol. The van der Waals surface area contributed by atoms with E-state index in [0.29, 0.717) is 12.2 Å². The molecule has 0 radical (unpaired) electrons. The number of benzene rings is 1. The molecule has 0 aromatic heterocycles. The van der Waals surface area contributed by atoms with Gasteiger partial charge in [-0.2, -0.15) is 5.12 Å². The fourth-order valence-corrected chi connectivity index (χ4v) is 3.43. The number of carbonyl (C=O) groups excluding carboxylic acids is 1. The fraction of sp³-hybridized carbons (Fsp3) is 0.650. The maximum absolute atomic E-state index is 10.9. The average Bonchev–Trinajstić information content (AvgIpc) is 2.72. The Kier molecular flexibility index (Phi) is 4.96. The molecule has 0 saturated carbocycles. The second-order valence-corrected chi connectivity index (χ2v) is 9.75. The standard InChI is InChI=1S/C20H33N3O2/c1-18(2,3)14-9-13(10-15(17(14)25)19(4,5)6)16-11-20(7,8)23(22-16)21-12-24/h9-10,12,16,22,25H,11H2,1-8H3,(H,21,24). The number of phenolic OH excluding ortho intramolecular Hbond substituents is 1. The summed E-state index contributed by atoms with van der Waals surface area (Å²) in [5, 5.41) is 12.6. The quantitative estimate of drug-likeness (QED) is 0.730. The lowest BCUT2D eigenvalue weighted by Gasteiger charge is -2.29. The molecule has 3 N–H and O–H groups in total. The third-order valence-electron chi connectivity index (χ3n) is 4.93. The van der Waals surface area contributed by atoms with Gasteiger partial charge in [0.05, 0.1) is 11.6 Å². The molecule has 2 rings (SSSR count). The highest BCUT2D eigenvalue weighted by Crippen LogP contribution is 2.43. The molecule has 1 heterocycles. The zero-order valence-electron chi connectivity index (χ0n) is 16.8. The Morgan fingerprint density at radius 2 is 1.64 bits per heavy atom. The molecule has 5 nitrogen and oxygen atoms in total. The van der Waals surface area contributed by atoms with Gasteiger partial charge in [0.1, 0.15) is 5.75 Å². The Balaban J connectivity index is 2.54. The van der Waals surface area contributed by atoms with E-state index in [0.717, 1.165) is 23.1 Å². The molecule has 5 heteroatoms. The third-order valence-corrected chi connectivity index (χ3v) is 4.93. The van der Waals surface area contributed by atoms with Crippen molar-refractivity contribution in [2.24, 2.45) is 0 Å². The minimum atomic E-state index is -0.201. The van der Waals surface area contributed by atoms with E-state index in [1.165, 1.54) is 0 Å². The van der Waals surface area contributed by atoms with Gasteiger partial charge in [-0.3, -0.25) is 10.2 Å². The lowest BCUT2D eigenvalue weighted by molar-refractivity contribution is -0.117. The van der Waals surface area contributed by atoms with Crippen LogP contribution in [-0.2, 0) is 15.6 Å². The van der Waals surface area contributed by atoms with Crippen molar-refractivity contribution < 1.29 is 9.90 Å². The van der Waals surface area contributed by atoms with Crippen LogP contribution in [0.1, 0.15) is 84.5 Å². The second-order valence-electron chi connectivity index (χ2n) is 9.75. The number of rotatable bonds is 3. The third kappa shape index (κ3) is 3.98. The highest BCUT2D eigenvalue weighted by molar-refractivity contribution is 5.51. The summed E-state index contributed by atoms with van der Waals surface area (Å²) in [6.45, 7) is 16.9. The molecule has 1 saturated heterocycles. The van der Waals surface area contributed by atoms with E-state index in [1.54, 1.807) is 5.12 Å². The number of nitrogens with zero attached hydrogens (tertiary/aromatic N) is 1. The molecule has 140 valence electrons. The zero-order valence-corrected chi connectivity index (χ0v) is 16.8. The number of phenols is 1. The maximum Gasteiger partial charge on any atom is 0.222 e. The first kappa shape index (κ1) is 19.7. The van der Waals surface area contributed by atoms with Gasteiger partial charge >= 0.3 is 0 Å². The summed E-state index contributed by atoms with van der Waals surface area (Å²) in [6, 6.07) is 4.27. The van der Waals surface area contributed by atoms with Crippen LogP contribution in [0.25, 0.3) is 0 Å². The van der Waals surface area contributed by atoms with Crippen LogP contribution in [0.15, 0.2) is 12.1 Å². The molecule has 25 heavy (non-hydrogen) atoms. The summed E-state index contributed by atoms with van der Waals surface area (Å²) < 4.78 is 0. The Labute approximate surface area is 151 Å². The second kappa shape index (κ2) is 6.29. The molecule has 1 aliphatic heterocycles. The summed E-state index contributed by atoms with van der Waals surface area (Å²) in [7, 11) is 0. The summed E-state index contributed by atoms with van der Waals surface area (Å²) in [5.41, 5.74) is 8.64. The van der Waals surface area contributed by atoms with E-state index in [2.05, 4.69) is 78.4 Å². The lowest BCUT2D eigenvalue weighted by atomic mass is 9.77. The van der Waals surface area contributed by atoms with Crippen LogP contribution in [0.3, 0.4) is 0 Å². The number of carbonyl (C=O) groups is 1. The van der Waals surface area contributed by atoms with E-state index >= 15 is 0 Å². The van der Waals surface area contributed by atoms with Gasteiger partial charge in [0, 0.05) is 0 Å². The number of amides is 1. The van der Waals surface area contributed by atoms with E-state index in [1.807, 2.05) is 0 Å². The number of hydrogen-bond acceptors (Lipinski definition) is 4. The molecular weight excluding hydrogens is 314 g/mol. The molecule has 1 unspecified atom stereocenters. The van der Waals surface area contributed by atoms with E-state index in [9.17, 15) is 9.90 Å². The van der Waals surface area contributed by atoms with Crippen LogP contribution in [-0.4, -0.2) is 22.2 Å². The maximum atomic E-state index is 10.9. The minimum absolute atomic E-state index is 0.0743. The average molecular weight is 348 g/mol. The fourth-order valence-electron chi connectivity index (χ4n) is 3.43. The van der Waals surface area contributed by atoms with Crippen molar-refractivity contribution in [3.63, 3.8) is 0 Å². The number of hydrogen-bond donors (Lipinski definition) is 3. The van der Waals surface area contributed by atoms with Gasteiger partial charge in [-0.05, 0) is 59.9 Å². The van der Waals surface area contributed by atoms with Crippen molar-refractivity contribution in [2.45, 2.75) is 84.2 Å². The van der Waals surface area contributed by atoms with Gasteiger partial charge in [-0.1, -0.05) is 41.5 Å². The van der Waals surface area contributed by atoms with E-state index in [-0.39, 0.29) is 22.4 Å². The molecule has 0 spiro atoms. The predicted octanol–water partition coefficient (Wildman–Crippen LogP) is 3.68. The van der Waals surface area contributed by atoms with Gasteiger partial charge < -0.3 is 5.11 Å². The van der Waals surface area contributed by atoms with Gasteiger partial charge in [-0.15, -0.1) is 0 Å². The molecular formula is C20H33N3O2. The highest BCUT2D eigenvalue weighted by atomic mass is 16.3. The van der Waals surface area contributed by atoms with Crippen molar-refractivity contribution in [3.05, 3.63) is 28.8 Å². The summed E-state index contributed by atoms with van der Waals surface area (Å²) in [6.07, 6.45) is 1.54. The Hall–Kier alpha value is -1.59. The van der Waals surface area contributed by atoms with Crippen LogP contribution in [0.5, 0.6) is 5.75 Å². The van der Waals surface area contributed by atoms with Crippen LogP contribution in [0.2, 0.25) is 0 Å². The SMILES string of the molecule is CC(C)(C)c1cc(C2CC(C)(C)N(NC=O)N2)cc(C(C)(C)C)c1O. The van der Waals surface area contributed by atoms with Crippen molar-refractivity contribution in [1.29, 1.82) is 0 Å². The van der Waals surface area contributed by atoms with Gasteiger partial charge in [-0.25, -0.2) is 5.43 Å². The first-order chi connectivity index (χ1) is 11.3. The minimum Gasteiger partial charge on any atom is -0.507 e. The molecule has 1 fully saturated rings. The molecule has 1 aromatic carbocycles. The van der Waals surface area contributed by atoms with E-state index < -0.39 is 0 Å². The zero-order chi connectivity index (χ0) is 19.2. The molecule has 1 atom stereocenters. The number of nitrogens with one attached hydrogen (secondary N) is 2.